The number of nitrogens with one attached hydrogen (secondary N) is 1. The van der Waals surface area contributed by atoms with Gasteiger partial charge in [-0.25, -0.2) is 0 Å². The van der Waals surface area contributed by atoms with E-state index in [1.807, 2.05) is 55.5 Å². The van der Waals surface area contributed by atoms with Gasteiger partial charge in [0.05, 0.1) is 39.5 Å². The Labute approximate surface area is 228 Å². The van der Waals surface area contributed by atoms with Crippen LogP contribution in [0.15, 0.2) is 78.4 Å². The Balaban J connectivity index is 1.55. The van der Waals surface area contributed by atoms with Crippen LogP contribution in [0.4, 0.5) is 0 Å². The van der Waals surface area contributed by atoms with E-state index in [1.165, 1.54) is 9.80 Å². The van der Waals surface area contributed by atoms with Crippen molar-refractivity contribution in [3.63, 3.8) is 0 Å². The molecule has 39 heavy (non-hydrogen) atoms. The van der Waals surface area contributed by atoms with E-state index in [0.717, 1.165) is 18.7 Å². The lowest BCUT2D eigenvalue weighted by molar-refractivity contribution is -0.907. The number of ketones is 1. The number of methoxy groups -OCH3 is 1. The van der Waals surface area contributed by atoms with E-state index in [0.29, 0.717) is 54.7 Å². The van der Waals surface area contributed by atoms with Crippen LogP contribution in [-0.4, -0.2) is 63.1 Å². The van der Waals surface area contributed by atoms with E-state index in [2.05, 4.69) is 0 Å². The maximum atomic E-state index is 13.8. The Morgan fingerprint density at radius 2 is 1.74 bits per heavy atom. The number of ether oxygens (including phenoxy) is 3. The molecule has 0 saturated carbocycles. The number of hydrogen-bond donors (Lipinski definition) is 1. The highest BCUT2D eigenvalue weighted by molar-refractivity contribution is 6.46. The number of carbonyl (C=O) groups excluding carboxylic acids is 2. The third kappa shape index (κ3) is 5.67. The van der Waals surface area contributed by atoms with Crippen LogP contribution in [0.25, 0.3) is 5.76 Å². The van der Waals surface area contributed by atoms with Crippen LogP contribution in [0.2, 0.25) is 0 Å². The smallest absolute Gasteiger partial charge is 0.295 e. The second kappa shape index (κ2) is 11.7. The molecule has 3 aromatic carbocycles. The van der Waals surface area contributed by atoms with Crippen LogP contribution in [-0.2, 0) is 14.3 Å². The van der Waals surface area contributed by atoms with Crippen LogP contribution < -0.4 is 19.5 Å². The number of likely N-dealkylation sites (tertiary alicyclic amines) is 1. The molecule has 8 nitrogen and oxygen atoms in total. The van der Waals surface area contributed by atoms with Crippen molar-refractivity contribution in [1.29, 1.82) is 0 Å². The summed E-state index contributed by atoms with van der Waals surface area (Å²) >= 11 is 0. The minimum Gasteiger partial charge on any atom is -0.872 e. The molecule has 202 valence electrons. The van der Waals surface area contributed by atoms with Gasteiger partial charge < -0.3 is 29.1 Å². The standard InChI is InChI=1S/C31H32N2O6/c1-21-19-23(11-12-26(21)37-2)29(34)27-28(22-7-6-10-25(20-22)39-24-8-4-3-5-9-24)33(31(36)30(27)35)14-13-32-15-17-38-18-16-32/h3-12,19-20,28,34H,13-18H2,1-2H3. The number of carbonyl (C=O) groups is 2. The van der Waals surface area contributed by atoms with Crippen molar-refractivity contribution in [2.24, 2.45) is 0 Å². The van der Waals surface area contributed by atoms with Crippen molar-refractivity contribution in [3.8, 4) is 17.2 Å². The van der Waals surface area contributed by atoms with Gasteiger partial charge in [-0.3, -0.25) is 9.59 Å². The van der Waals surface area contributed by atoms with E-state index in [1.54, 1.807) is 31.4 Å². The average molecular weight is 529 g/mol. The fourth-order valence-corrected chi connectivity index (χ4v) is 5.18. The van der Waals surface area contributed by atoms with E-state index in [9.17, 15) is 14.7 Å². The predicted octanol–water partition coefficient (Wildman–Crippen LogP) is 1.94. The molecule has 0 spiro atoms. The number of aryl methyl sites for hydroxylation is 1. The molecule has 2 aliphatic rings. The molecule has 0 aromatic heterocycles. The number of hydrogen-bond acceptors (Lipinski definition) is 6. The van der Waals surface area contributed by atoms with Gasteiger partial charge in [0.1, 0.15) is 30.3 Å². The molecule has 0 aliphatic carbocycles. The lowest BCUT2D eigenvalue weighted by Crippen LogP contribution is -3.14. The molecule has 0 radical (unpaired) electrons. The normalized spacial score (nSPS) is 19.3. The van der Waals surface area contributed by atoms with Gasteiger partial charge in [-0.05, 0) is 60.0 Å². The number of nitrogens with zero attached hydrogens (tertiary/aromatic N) is 1. The Bertz CT molecular complexity index is 1380. The van der Waals surface area contributed by atoms with Crippen molar-refractivity contribution >= 4 is 17.4 Å². The fourth-order valence-electron chi connectivity index (χ4n) is 5.18. The minimum atomic E-state index is -0.820. The van der Waals surface area contributed by atoms with Gasteiger partial charge in [-0.1, -0.05) is 42.2 Å². The largest absolute Gasteiger partial charge is 0.872 e. The number of quaternary nitrogens is 1. The highest BCUT2D eigenvalue weighted by Crippen LogP contribution is 2.40. The number of Topliss-reactive ketones (excluding diaryl/α,β-unsaturated/α-hetero) is 1. The van der Waals surface area contributed by atoms with Gasteiger partial charge in [0, 0.05) is 5.57 Å². The first-order valence-corrected chi connectivity index (χ1v) is 13.1. The lowest BCUT2D eigenvalue weighted by Gasteiger charge is -2.30. The molecule has 1 atom stereocenters. The first-order chi connectivity index (χ1) is 19.0. The molecule has 3 aromatic rings. The van der Waals surface area contributed by atoms with E-state index >= 15 is 0 Å². The molecular weight excluding hydrogens is 496 g/mol. The SMILES string of the molecule is COc1ccc(C([O-])=C2C(=O)C(=O)N(CC[NH+]3CCOCC3)C2c2cccc(Oc3ccccc3)c2)cc1C. The molecule has 0 bridgehead atoms. The quantitative estimate of drug-likeness (QED) is 0.273. The van der Waals surface area contributed by atoms with Crippen molar-refractivity contribution < 1.29 is 33.8 Å². The van der Waals surface area contributed by atoms with Crippen LogP contribution in [0, 0.1) is 6.92 Å². The summed E-state index contributed by atoms with van der Waals surface area (Å²) in [5.74, 6) is -0.0192. The molecule has 2 aliphatic heterocycles. The van der Waals surface area contributed by atoms with Gasteiger partial charge in [0.2, 0.25) is 5.78 Å². The number of morpholine rings is 1. The number of amides is 1. The summed E-state index contributed by atoms with van der Waals surface area (Å²) in [4.78, 5) is 29.6. The summed E-state index contributed by atoms with van der Waals surface area (Å²) in [6.45, 7) is 5.83. The van der Waals surface area contributed by atoms with Gasteiger partial charge in [0.15, 0.2) is 0 Å². The highest BCUT2D eigenvalue weighted by Gasteiger charge is 2.44. The van der Waals surface area contributed by atoms with Crippen LogP contribution in [0.1, 0.15) is 22.7 Å². The van der Waals surface area contributed by atoms with Crippen LogP contribution in [0.3, 0.4) is 0 Å². The molecule has 1 N–H and O–H groups in total. The summed E-state index contributed by atoms with van der Waals surface area (Å²) in [5, 5.41) is 13.8. The topological polar surface area (TPSA) is 92.6 Å². The molecule has 5 rings (SSSR count). The van der Waals surface area contributed by atoms with E-state index in [-0.39, 0.29) is 5.57 Å². The Kier molecular flexibility index (Phi) is 7.95. The summed E-state index contributed by atoms with van der Waals surface area (Å²) in [5.41, 5.74) is 1.71. The van der Waals surface area contributed by atoms with Crippen molar-refractivity contribution in [2.75, 3.05) is 46.5 Å². The molecule has 1 amide bonds. The monoisotopic (exact) mass is 528 g/mol. The Morgan fingerprint density at radius 1 is 1.00 bits per heavy atom. The first kappa shape index (κ1) is 26.5. The summed E-state index contributed by atoms with van der Waals surface area (Å²) in [7, 11) is 1.56. The maximum absolute atomic E-state index is 13.8. The lowest BCUT2D eigenvalue weighted by atomic mass is 9.94. The maximum Gasteiger partial charge on any atom is 0.295 e. The first-order valence-electron chi connectivity index (χ1n) is 13.1. The second-order valence-corrected chi connectivity index (χ2v) is 9.76. The number of rotatable bonds is 8. The summed E-state index contributed by atoms with van der Waals surface area (Å²) < 4.78 is 16.8. The van der Waals surface area contributed by atoms with Gasteiger partial charge >= 0.3 is 0 Å². The molecule has 1 unspecified atom stereocenters. The molecule has 2 saturated heterocycles. The van der Waals surface area contributed by atoms with Crippen molar-refractivity contribution in [2.45, 2.75) is 13.0 Å². The predicted molar refractivity (Wildman–Crippen MR) is 143 cm³/mol. The third-order valence-corrected chi connectivity index (χ3v) is 7.25. The number of para-hydroxylation sites is 1. The summed E-state index contributed by atoms with van der Waals surface area (Å²) in [6.07, 6.45) is 0. The van der Waals surface area contributed by atoms with Gasteiger partial charge in [-0.2, -0.15) is 0 Å². The van der Waals surface area contributed by atoms with Crippen LogP contribution >= 0.6 is 0 Å². The fraction of sp³-hybridized carbons (Fsp3) is 0.290. The third-order valence-electron chi connectivity index (χ3n) is 7.25. The minimum absolute atomic E-state index is 0.0431. The van der Waals surface area contributed by atoms with E-state index in [4.69, 9.17) is 14.2 Å². The van der Waals surface area contributed by atoms with Crippen molar-refractivity contribution in [3.05, 3.63) is 95.1 Å². The highest BCUT2D eigenvalue weighted by atomic mass is 16.5. The van der Waals surface area contributed by atoms with E-state index < -0.39 is 23.5 Å². The van der Waals surface area contributed by atoms with Gasteiger partial charge in [0.25, 0.3) is 5.91 Å². The Hall–Kier alpha value is -4.14. The second-order valence-electron chi connectivity index (χ2n) is 9.76. The molecule has 2 fully saturated rings. The Morgan fingerprint density at radius 3 is 2.46 bits per heavy atom. The zero-order chi connectivity index (χ0) is 27.4. The average Bonchev–Trinajstić information content (AvgIpc) is 3.22. The van der Waals surface area contributed by atoms with Gasteiger partial charge in [-0.15, -0.1) is 0 Å². The molecule has 8 heteroatoms. The zero-order valence-electron chi connectivity index (χ0n) is 22.1. The molecule has 2 heterocycles. The van der Waals surface area contributed by atoms with Crippen LogP contribution in [0.5, 0.6) is 17.2 Å². The molecular formula is C31H32N2O6. The zero-order valence-corrected chi connectivity index (χ0v) is 22.1. The number of benzene rings is 3. The summed E-state index contributed by atoms with van der Waals surface area (Å²) in [6, 6.07) is 20.8. The van der Waals surface area contributed by atoms with Crippen molar-refractivity contribution in [1.82, 2.24) is 4.90 Å².